The summed E-state index contributed by atoms with van der Waals surface area (Å²) >= 11 is 6.07. The van der Waals surface area contributed by atoms with Crippen molar-refractivity contribution in [1.82, 2.24) is 4.84 Å². The summed E-state index contributed by atoms with van der Waals surface area (Å²) in [7, 11) is 0. The van der Waals surface area contributed by atoms with Crippen molar-refractivity contribution >= 4 is 11.8 Å². The second-order valence-electron chi connectivity index (χ2n) is 6.28. The van der Waals surface area contributed by atoms with E-state index in [1.54, 1.807) is 12.1 Å². The van der Waals surface area contributed by atoms with Gasteiger partial charge >= 0.3 is 0 Å². The normalized spacial score (nSPS) is 22.1. The van der Waals surface area contributed by atoms with Gasteiger partial charge in [0.1, 0.15) is 5.82 Å². The Kier molecular flexibility index (Phi) is 3.05. The van der Waals surface area contributed by atoms with Crippen molar-refractivity contribution in [2.75, 3.05) is 0 Å². The van der Waals surface area contributed by atoms with E-state index in [4.69, 9.17) is 11.8 Å². The molecule has 0 saturated heterocycles. The first-order valence-corrected chi connectivity index (χ1v) is 7.82. The fourth-order valence-corrected chi connectivity index (χ4v) is 4.58. The maximum absolute atomic E-state index is 13.6. The van der Waals surface area contributed by atoms with Gasteiger partial charge in [-0.15, -0.1) is 0 Å². The highest BCUT2D eigenvalue weighted by molar-refractivity contribution is 6.13. The summed E-state index contributed by atoms with van der Waals surface area (Å²) in [6, 6.07) is 14.1. The van der Waals surface area contributed by atoms with Gasteiger partial charge in [0, 0.05) is 11.5 Å². The molecule has 0 heterocycles. The third-order valence-corrected chi connectivity index (χ3v) is 5.50. The number of benzene rings is 2. The van der Waals surface area contributed by atoms with Crippen molar-refractivity contribution in [2.45, 2.75) is 37.1 Å². The average molecular weight is 302 g/mol. The molecule has 108 valence electrons. The van der Waals surface area contributed by atoms with Gasteiger partial charge in [-0.1, -0.05) is 30.3 Å². The molecule has 1 atom stereocenters. The Balaban J connectivity index is 1.87. The molecule has 0 bridgehead atoms. The zero-order valence-corrected chi connectivity index (χ0v) is 12.5. The average Bonchev–Trinajstić information content (AvgIpc) is 2.87. The highest BCUT2D eigenvalue weighted by Gasteiger charge is 2.47. The minimum atomic E-state index is -0.142. The summed E-state index contributed by atoms with van der Waals surface area (Å²) < 4.78 is 13.6. The predicted molar refractivity (Wildman–Crippen MR) is 83.0 cm³/mol. The summed E-state index contributed by atoms with van der Waals surface area (Å²) in [5.41, 5.74) is 5.17. The Morgan fingerprint density at radius 3 is 2.43 bits per heavy atom. The molecule has 2 aliphatic rings. The van der Waals surface area contributed by atoms with E-state index in [1.165, 1.54) is 16.7 Å². The Bertz CT molecular complexity index is 672. The largest absolute Gasteiger partial charge is 0.230 e. The van der Waals surface area contributed by atoms with Gasteiger partial charge in [0.2, 0.25) is 0 Å². The summed E-state index contributed by atoms with van der Waals surface area (Å²) in [6.07, 6.45) is 3.79. The number of hydrogen-bond acceptors (Lipinski definition) is 1. The molecule has 0 amide bonds. The zero-order chi connectivity index (χ0) is 14.4. The molecule has 2 aromatic rings. The van der Waals surface area contributed by atoms with Gasteiger partial charge in [0.05, 0.1) is 0 Å². The maximum Gasteiger partial charge on any atom is 0.123 e. The fourth-order valence-electron chi connectivity index (χ4n) is 4.26. The van der Waals surface area contributed by atoms with Gasteiger partial charge in [-0.2, -0.15) is 0 Å². The molecular weight excluding hydrogens is 285 g/mol. The van der Waals surface area contributed by atoms with Gasteiger partial charge in [0.15, 0.2) is 0 Å². The molecule has 1 spiro atoms. The van der Waals surface area contributed by atoms with Crippen LogP contribution in [0.1, 0.15) is 28.7 Å². The van der Waals surface area contributed by atoms with E-state index in [-0.39, 0.29) is 17.3 Å². The van der Waals surface area contributed by atoms with Crippen LogP contribution in [-0.2, 0) is 24.7 Å². The first-order chi connectivity index (χ1) is 10.2. The highest BCUT2D eigenvalue weighted by Crippen LogP contribution is 2.47. The second kappa shape index (κ2) is 4.82. The van der Waals surface area contributed by atoms with Crippen LogP contribution in [0, 0.1) is 5.82 Å². The van der Waals surface area contributed by atoms with E-state index >= 15 is 0 Å². The number of rotatable bonds is 1. The molecule has 0 aromatic heterocycles. The number of fused-ring (bicyclic) bond motifs is 3. The standard InChI is InChI=1S/C18H17ClFN/c19-21-17-8-5-12-9-15(20)6-7-16(12)18(17)10-13-3-1-2-4-14(13)11-18/h1-4,6-7,9,17,21H,5,8,10-11H2. The van der Waals surface area contributed by atoms with Crippen LogP contribution in [0.5, 0.6) is 0 Å². The van der Waals surface area contributed by atoms with Crippen LogP contribution in [0.4, 0.5) is 4.39 Å². The van der Waals surface area contributed by atoms with E-state index in [2.05, 4.69) is 29.1 Å². The Morgan fingerprint density at radius 2 is 1.76 bits per heavy atom. The van der Waals surface area contributed by atoms with Gasteiger partial charge in [-0.25, -0.2) is 9.23 Å². The molecule has 3 heteroatoms. The van der Waals surface area contributed by atoms with Gasteiger partial charge < -0.3 is 0 Å². The molecule has 0 saturated carbocycles. The third kappa shape index (κ3) is 1.93. The zero-order valence-electron chi connectivity index (χ0n) is 11.7. The lowest BCUT2D eigenvalue weighted by atomic mass is 9.65. The molecule has 1 nitrogen and oxygen atoms in total. The van der Waals surface area contributed by atoms with Crippen molar-refractivity contribution in [2.24, 2.45) is 0 Å². The van der Waals surface area contributed by atoms with Gasteiger partial charge in [0.25, 0.3) is 0 Å². The molecule has 0 aliphatic heterocycles. The summed E-state index contributed by atoms with van der Waals surface area (Å²) in [5, 5.41) is 0. The van der Waals surface area contributed by atoms with Crippen LogP contribution in [0.25, 0.3) is 0 Å². The van der Waals surface area contributed by atoms with Gasteiger partial charge in [-0.05, 0) is 71.8 Å². The molecule has 0 fully saturated rings. The molecule has 2 aliphatic carbocycles. The van der Waals surface area contributed by atoms with E-state index in [0.717, 1.165) is 31.2 Å². The molecule has 1 N–H and O–H groups in total. The summed E-state index contributed by atoms with van der Waals surface area (Å²) in [5.74, 6) is -0.142. The number of halogens is 2. The van der Waals surface area contributed by atoms with E-state index in [9.17, 15) is 4.39 Å². The lowest BCUT2D eigenvalue weighted by Crippen LogP contribution is -2.49. The van der Waals surface area contributed by atoms with Crippen LogP contribution in [0.15, 0.2) is 42.5 Å². The Labute approximate surface area is 129 Å². The van der Waals surface area contributed by atoms with Crippen LogP contribution in [0.3, 0.4) is 0 Å². The molecule has 2 aromatic carbocycles. The van der Waals surface area contributed by atoms with Crippen LogP contribution < -0.4 is 4.84 Å². The summed E-state index contributed by atoms with van der Waals surface area (Å²) in [4.78, 5) is 3.01. The number of nitrogens with one attached hydrogen (secondary N) is 1. The van der Waals surface area contributed by atoms with Crippen molar-refractivity contribution < 1.29 is 4.39 Å². The number of hydrogen-bond donors (Lipinski definition) is 1. The summed E-state index contributed by atoms with van der Waals surface area (Å²) in [6.45, 7) is 0. The van der Waals surface area contributed by atoms with Crippen LogP contribution in [0.2, 0.25) is 0 Å². The van der Waals surface area contributed by atoms with Gasteiger partial charge in [-0.3, -0.25) is 0 Å². The van der Waals surface area contributed by atoms with Crippen LogP contribution in [-0.4, -0.2) is 6.04 Å². The van der Waals surface area contributed by atoms with E-state index in [1.807, 2.05) is 6.07 Å². The first-order valence-electron chi connectivity index (χ1n) is 7.45. The fraction of sp³-hybridized carbons (Fsp3) is 0.333. The van der Waals surface area contributed by atoms with E-state index in [0.29, 0.717) is 0 Å². The molecule has 21 heavy (non-hydrogen) atoms. The molecule has 0 radical (unpaired) electrons. The smallest absolute Gasteiger partial charge is 0.123 e. The SMILES string of the molecule is Fc1ccc2c(c1)CCC(NCl)C21Cc2ccccc2C1. The minimum Gasteiger partial charge on any atom is -0.230 e. The highest BCUT2D eigenvalue weighted by atomic mass is 35.5. The topological polar surface area (TPSA) is 12.0 Å². The lowest BCUT2D eigenvalue weighted by molar-refractivity contribution is 0.301. The van der Waals surface area contributed by atoms with Crippen molar-refractivity contribution in [1.29, 1.82) is 0 Å². The monoisotopic (exact) mass is 301 g/mol. The Hall–Kier alpha value is -1.38. The quantitative estimate of drug-likeness (QED) is 0.787. The predicted octanol–water partition coefficient (Wildman–Crippen LogP) is 3.92. The second-order valence-corrected chi connectivity index (χ2v) is 6.50. The molecular formula is C18H17ClFN. The number of aryl methyl sites for hydroxylation is 1. The van der Waals surface area contributed by atoms with E-state index < -0.39 is 0 Å². The molecule has 1 unspecified atom stereocenters. The lowest BCUT2D eigenvalue weighted by Gasteiger charge is -2.42. The molecule has 4 rings (SSSR count). The third-order valence-electron chi connectivity index (χ3n) is 5.23. The van der Waals surface area contributed by atoms with Crippen molar-refractivity contribution in [3.05, 3.63) is 70.5 Å². The first kappa shape index (κ1) is 13.3. The van der Waals surface area contributed by atoms with Crippen molar-refractivity contribution in [3.63, 3.8) is 0 Å². The maximum atomic E-state index is 13.6. The van der Waals surface area contributed by atoms with Crippen LogP contribution >= 0.6 is 11.8 Å². The Morgan fingerprint density at radius 1 is 1.05 bits per heavy atom. The minimum absolute atomic E-state index is 0.0350. The van der Waals surface area contributed by atoms with Crippen molar-refractivity contribution in [3.8, 4) is 0 Å².